The summed E-state index contributed by atoms with van der Waals surface area (Å²) in [5, 5.41) is 21.6. The Morgan fingerprint density at radius 2 is 1.85 bits per heavy atom. The summed E-state index contributed by atoms with van der Waals surface area (Å²) in [5.41, 5.74) is 2.50. The van der Waals surface area contributed by atoms with E-state index in [1.54, 1.807) is 6.20 Å². The van der Waals surface area contributed by atoms with Crippen molar-refractivity contribution in [2.24, 2.45) is 0 Å². The summed E-state index contributed by atoms with van der Waals surface area (Å²) in [6.45, 7) is 0. The van der Waals surface area contributed by atoms with Crippen LogP contribution in [-0.2, 0) is 4.79 Å². The number of carboxylic acid groups (broad SMARTS) is 1. The molecule has 0 spiro atoms. The number of nitriles is 1. The van der Waals surface area contributed by atoms with Crippen LogP contribution in [-0.4, -0.2) is 20.8 Å². The molecule has 1 aromatic heterocycles. The second-order valence-corrected chi connectivity index (χ2v) is 7.80. The first-order valence-electron chi connectivity index (χ1n) is 8.44. The zero-order valence-corrected chi connectivity index (χ0v) is 14.8. The maximum Gasteiger partial charge on any atom is 0.320 e. The van der Waals surface area contributed by atoms with Crippen LogP contribution in [0.1, 0.15) is 24.8 Å². The molecule has 0 atom stereocenters. The number of benzene rings is 2. The molecule has 1 heterocycles. The highest BCUT2D eigenvalue weighted by Crippen LogP contribution is 2.49. The van der Waals surface area contributed by atoms with E-state index in [0.717, 1.165) is 33.3 Å². The standard InChI is InChI=1S/C21H16N2O2S/c22-13-14-8-9-17(16-6-2-1-5-15(14)16)18-7-3-12-23-19(18)26-21(20(24)25)10-4-11-21/h1-3,5-9,12H,4,10-11H2,(H,24,25). The number of pyridine rings is 1. The second kappa shape index (κ2) is 6.47. The molecule has 1 aliphatic rings. The Labute approximate surface area is 155 Å². The summed E-state index contributed by atoms with van der Waals surface area (Å²) < 4.78 is -0.772. The molecule has 26 heavy (non-hydrogen) atoms. The number of rotatable bonds is 4. The van der Waals surface area contributed by atoms with Gasteiger partial charge in [-0.1, -0.05) is 48.2 Å². The van der Waals surface area contributed by atoms with Gasteiger partial charge >= 0.3 is 5.97 Å². The average Bonchev–Trinajstić information content (AvgIpc) is 2.64. The lowest BCUT2D eigenvalue weighted by Gasteiger charge is -2.36. The van der Waals surface area contributed by atoms with E-state index < -0.39 is 10.7 Å². The lowest BCUT2D eigenvalue weighted by Crippen LogP contribution is -2.41. The predicted octanol–water partition coefficient (Wildman–Crippen LogP) is 4.87. The van der Waals surface area contributed by atoms with E-state index in [0.29, 0.717) is 18.4 Å². The van der Waals surface area contributed by atoms with Gasteiger partial charge in [-0.25, -0.2) is 4.98 Å². The van der Waals surface area contributed by atoms with E-state index >= 15 is 0 Å². The van der Waals surface area contributed by atoms with Crippen LogP contribution in [0.3, 0.4) is 0 Å². The zero-order chi connectivity index (χ0) is 18.1. The first kappa shape index (κ1) is 16.6. The summed E-state index contributed by atoms with van der Waals surface area (Å²) in [6.07, 6.45) is 3.96. The predicted molar refractivity (Wildman–Crippen MR) is 102 cm³/mol. The molecule has 3 aromatic rings. The van der Waals surface area contributed by atoms with Crippen molar-refractivity contribution in [2.45, 2.75) is 29.0 Å². The van der Waals surface area contributed by atoms with Crippen molar-refractivity contribution < 1.29 is 9.90 Å². The van der Waals surface area contributed by atoms with Crippen LogP contribution in [0.4, 0.5) is 0 Å². The Kier molecular flexibility index (Phi) is 4.14. The van der Waals surface area contributed by atoms with E-state index in [-0.39, 0.29) is 0 Å². The number of carbonyl (C=O) groups is 1. The van der Waals surface area contributed by atoms with Crippen molar-refractivity contribution >= 4 is 28.5 Å². The molecule has 0 amide bonds. The molecule has 0 radical (unpaired) electrons. The smallest absolute Gasteiger partial charge is 0.320 e. The van der Waals surface area contributed by atoms with E-state index in [9.17, 15) is 15.2 Å². The molecule has 5 heteroatoms. The SMILES string of the molecule is N#Cc1ccc(-c2cccnc2SC2(C(=O)O)CCC2)c2ccccc12. The number of aromatic nitrogens is 1. The van der Waals surface area contributed by atoms with Crippen LogP contribution >= 0.6 is 11.8 Å². The van der Waals surface area contributed by atoms with Gasteiger partial charge in [0.2, 0.25) is 0 Å². The van der Waals surface area contributed by atoms with Crippen LogP contribution in [0.15, 0.2) is 59.8 Å². The van der Waals surface area contributed by atoms with Crippen molar-refractivity contribution in [3.05, 3.63) is 60.3 Å². The minimum absolute atomic E-state index is 0.628. The molecule has 1 saturated carbocycles. The largest absolute Gasteiger partial charge is 0.480 e. The number of fused-ring (bicyclic) bond motifs is 1. The summed E-state index contributed by atoms with van der Waals surface area (Å²) in [6, 6.07) is 17.6. The third kappa shape index (κ3) is 2.63. The Morgan fingerprint density at radius 3 is 2.50 bits per heavy atom. The second-order valence-electron chi connectivity index (χ2n) is 6.43. The molecule has 0 aliphatic heterocycles. The molecule has 2 aromatic carbocycles. The molecule has 0 unspecified atom stereocenters. The number of hydrogen-bond donors (Lipinski definition) is 1. The van der Waals surface area contributed by atoms with Crippen LogP contribution in [0.25, 0.3) is 21.9 Å². The van der Waals surface area contributed by atoms with Crippen molar-refractivity contribution in [1.82, 2.24) is 4.98 Å². The van der Waals surface area contributed by atoms with Gasteiger partial charge in [0.15, 0.2) is 0 Å². The van der Waals surface area contributed by atoms with Crippen molar-refractivity contribution in [3.8, 4) is 17.2 Å². The Hall–Kier alpha value is -2.84. The first-order valence-corrected chi connectivity index (χ1v) is 9.26. The van der Waals surface area contributed by atoms with Gasteiger partial charge in [-0.3, -0.25) is 4.79 Å². The lowest BCUT2D eigenvalue weighted by molar-refractivity contribution is -0.142. The number of nitrogens with zero attached hydrogens (tertiary/aromatic N) is 2. The van der Waals surface area contributed by atoms with Crippen LogP contribution in [0.2, 0.25) is 0 Å². The maximum atomic E-state index is 11.8. The summed E-state index contributed by atoms with van der Waals surface area (Å²) in [4.78, 5) is 16.3. The van der Waals surface area contributed by atoms with Gasteiger partial charge in [-0.15, -0.1) is 0 Å². The fourth-order valence-electron chi connectivity index (χ4n) is 3.35. The molecular formula is C21H16N2O2S. The molecule has 0 bridgehead atoms. The summed E-state index contributed by atoms with van der Waals surface area (Å²) in [5.74, 6) is -0.768. The quantitative estimate of drug-likeness (QED) is 0.718. The van der Waals surface area contributed by atoms with E-state index in [4.69, 9.17) is 0 Å². The van der Waals surface area contributed by atoms with Gasteiger partial charge in [0.05, 0.1) is 11.6 Å². The molecule has 1 N–H and O–H groups in total. The van der Waals surface area contributed by atoms with Crippen LogP contribution in [0, 0.1) is 11.3 Å². The maximum absolute atomic E-state index is 11.8. The number of carboxylic acids is 1. The Bertz CT molecular complexity index is 1050. The van der Waals surface area contributed by atoms with Crippen molar-refractivity contribution in [1.29, 1.82) is 5.26 Å². The van der Waals surface area contributed by atoms with Gasteiger partial charge in [-0.05, 0) is 42.3 Å². The number of hydrogen-bond acceptors (Lipinski definition) is 4. The molecular weight excluding hydrogens is 344 g/mol. The lowest BCUT2D eigenvalue weighted by atomic mass is 9.84. The van der Waals surface area contributed by atoms with Crippen molar-refractivity contribution in [3.63, 3.8) is 0 Å². The van der Waals surface area contributed by atoms with E-state index in [1.165, 1.54) is 11.8 Å². The van der Waals surface area contributed by atoms with E-state index in [1.807, 2.05) is 48.5 Å². The van der Waals surface area contributed by atoms with Crippen LogP contribution in [0.5, 0.6) is 0 Å². The highest BCUT2D eigenvalue weighted by atomic mass is 32.2. The fraction of sp³-hybridized carbons (Fsp3) is 0.190. The third-order valence-electron chi connectivity index (χ3n) is 4.95. The Morgan fingerprint density at radius 1 is 1.08 bits per heavy atom. The molecule has 1 aliphatic carbocycles. The minimum atomic E-state index is -0.772. The van der Waals surface area contributed by atoms with Gasteiger partial charge in [0, 0.05) is 17.1 Å². The number of aliphatic carboxylic acids is 1. The van der Waals surface area contributed by atoms with Gasteiger partial charge < -0.3 is 5.11 Å². The first-order chi connectivity index (χ1) is 12.6. The molecule has 128 valence electrons. The molecule has 4 rings (SSSR count). The normalized spacial score (nSPS) is 15.2. The highest BCUT2D eigenvalue weighted by Gasteiger charge is 2.46. The zero-order valence-electron chi connectivity index (χ0n) is 14.0. The summed E-state index contributed by atoms with van der Waals surface area (Å²) >= 11 is 1.35. The summed E-state index contributed by atoms with van der Waals surface area (Å²) in [7, 11) is 0. The molecule has 4 nitrogen and oxygen atoms in total. The molecule has 0 saturated heterocycles. The van der Waals surface area contributed by atoms with Crippen LogP contribution < -0.4 is 0 Å². The van der Waals surface area contributed by atoms with Crippen molar-refractivity contribution in [2.75, 3.05) is 0 Å². The van der Waals surface area contributed by atoms with Gasteiger partial charge in [0.1, 0.15) is 9.77 Å². The highest BCUT2D eigenvalue weighted by molar-refractivity contribution is 8.01. The molecule has 1 fully saturated rings. The monoisotopic (exact) mass is 360 g/mol. The van der Waals surface area contributed by atoms with E-state index in [2.05, 4.69) is 11.1 Å². The minimum Gasteiger partial charge on any atom is -0.480 e. The number of thioether (sulfide) groups is 1. The topological polar surface area (TPSA) is 74.0 Å². The average molecular weight is 360 g/mol. The van der Waals surface area contributed by atoms with Gasteiger partial charge in [-0.2, -0.15) is 5.26 Å². The fourth-order valence-corrected chi connectivity index (χ4v) is 4.70. The Balaban J connectivity index is 1.87. The van der Waals surface area contributed by atoms with Gasteiger partial charge in [0.25, 0.3) is 0 Å². The third-order valence-corrected chi connectivity index (χ3v) is 6.44.